The van der Waals surface area contributed by atoms with Crippen molar-refractivity contribution >= 4 is 43.9 Å². The topological polar surface area (TPSA) is 132 Å². The summed E-state index contributed by atoms with van der Waals surface area (Å²) in [5.41, 5.74) is 3.14. The van der Waals surface area contributed by atoms with Crippen LogP contribution in [0, 0.1) is 12.3 Å². The molecular formula is C25H36ClN7O3S. The van der Waals surface area contributed by atoms with Crippen molar-refractivity contribution in [1.82, 2.24) is 20.2 Å². The summed E-state index contributed by atoms with van der Waals surface area (Å²) in [6.45, 7) is 7.27. The molecule has 0 amide bonds. The highest BCUT2D eigenvalue weighted by Crippen LogP contribution is 2.37. The van der Waals surface area contributed by atoms with Crippen LogP contribution in [-0.4, -0.2) is 67.9 Å². The van der Waals surface area contributed by atoms with E-state index < -0.39 is 20.1 Å². The van der Waals surface area contributed by atoms with Crippen LogP contribution >= 0.6 is 11.6 Å². The van der Waals surface area contributed by atoms with Crippen LogP contribution < -0.4 is 20.7 Å². The fraction of sp³-hybridized carbons (Fsp3) is 0.480. The highest BCUT2D eigenvalue weighted by molar-refractivity contribution is 8.07. The summed E-state index contributed by atoms with van der Waals surface area (Å²) >= 11 is 6.31. The van der Waals surface area contributed by atoms with E-state index in [-0.39, 0.29) is 22.5 Å². The van der Waals surface area contributed by atoms with Gasteiger partial charge in [0.1, 0.15) is 10.8 Å². The van der Waals surface area contributed by atoms with Gasteiger partial charge in [-0.25, -0.2) is 13.4 Å². The fourth-order valence-corrected chi connectivity index (χ4v) is 5.21. The van der Waals surface area contributed by atoms with Gasteiger partial charge in [-0.15, -0.1) is 0 Å². The van der Waals surface area contributed by atoms with Gasteiger partial charge >= 0.3 is 0 Å². The van der Waals surface area contributed by atoms with Crippen LogP contribution in [0.5, 0.6) is 5.75 Å². The Labute approximate surface area is 224 Å². The van der Waals surface area contributed by atoms with Gasteiger partial charge in [0.2, 0.25) is 5.95 Å². The van der Waals surface area contributed by atoms with Crippen LogP contribution in [0.25, 0.3) is 0 Å². The van der Waals surface area contributed by atoms with Gasteiger partial charge in [-0.2, -0.15) is 4.98 Å². The number of methoxy groups -OCH3 is 1. The molecule has 4 N–H and O–H groups in total. The molecular weight excluding hydrogens is 514 g/mol. The van der Waals surface area contributed by atoms with Crippen LogP contribution in [0.1, 0.15) is 43.7 Å². The lowest BCUT2D eigenvalue weighted by atomic mass is 9.86. The van der Waals surface area contributed by atoms with E-state index in [2.05, 4.69) is 50.9 Å². The monoisotopic (exact) mass is 549 g/mol. The first-order valence-electron chi connectivity index (χ1n) is 12.1. The summed E-state index contributed by atoms with van der Waals surface area (Å²) in [6, 6.07) is 4.10. The third kappa shape index (κ3) is 6.71. The molecule has 10 nitrogen and oxygen atoms in total. The molecule has 37 heavy (non-hydrogen) atoms. The summed E-state index contributed by atoms with van der Waals surface area (Å²) in [5.74, 6) is 1.55. The lowest BCUT2D eigenvalue weighted by molar-refractivity contribution is 0.255. The molecule has 0 aliphatic carbocycles. The number of nitrogens with zero attached hydrogens (tertiary/aromatic N) is 3. The van der Waals surface area contributed by atoms with E-state index in [1.54, 1.807) is 14.2 Å². The van der Waals surface area contributed by atoms with Crippen LogP contribution in [-0.2, 0) is 9.84 Å². The molecule has 0 radical (unpaired) electrons. The van der Waals surface area contributed by atoms with E-state index in [9.17, 15) is 8.42 Å². The highest BCUT2D eigenvalue weighted by atomic mass is 35.5. The molecule has 1 aromatic heterocycles. The molecule has 2 aromatic rings. The minimum absolute atomic E-state index is 0.0126. The van der Waals surface area contributed by atoms with Crippen molar-refractivity contribution in [2.45, 2.75) is 44.8 Å². The first-order valence-corrected chi connectivity index (χ1v) is 14.0. The van der Waals surface area contributed by atoms with E-state index >= 15 is 0 Å². The number of rotatable bonds is 9. The number of anilines is 3. The van der Waals surface area contributed by atoms with Gasteiger partial charge in [-0.05, 0) is 82.9 Å². The maximum atomic E-state index is 12.6. The molecule has 0 spiro atoms. The van der Waals surface area contributed by atoms with Gasteiger partial charge in [0, 0.05) is 13.2 Å². The maximum Gasteiger partial charge on any atom is 0.229 e. The Bertz CT molecular complexity index is 1270. The zero-order valence-corrected chi connectivity index (χ0v) is 23.7. The molecule has 1 fully saturated rings. The van der Waals surface area contributed by atoms with Gasteiger partial charge < -0.3 is 25.6 Å². The molecule has 0 saturated carbocycles. The second kappa shape index (κ2) is 12.1. The number of aryl methyl sites for hydroxylation is 1. The van der Waals surface area contributed by atoms with E-state index in [1.165, 1.54) is 31.8 Å². The molecule has 1 saturated heterocycles. The standard InChI is InChI=1S/C25H36ClN7O3S/c1-15(2)37(34,35)23(27)21(14-28-4)30-24-19(26)13-29-25(32-24)31-20-11-16(3)18(12-22(20)36-6)17-7-9-33(5)10-8-17/h11-15,17,27-28H,7-10H2,1-6H3,(H2,29,30,31,32)/b21-14+,27-23?. The van der Waals surface area contributed by atoms with E-state index in [0.29, 0.717) is 17.4 Å². The summed E-state index contributed by atoms with van der Waals surface area (Å²) in [4.78, 5) is 11.1. The number of aromatic nitrogens is 2. The van der Waals surface area contributed by atoms with Crippen molar-refractivity contribution in [3.63, 3.8) is 0 Å². The number of benzene rings is 1. The van der Waals surface area contributed by atoms with Crippen LogP contribution in [0.15, 0.2) is 30.2 Å². The third-order valence-electron chi connectivity index (χ3n) is 6.43. The predicted molar refractivity (Wildman–Crippen MR) is 150 cm³/mol. The van der Waals surface area contributed by atoms with Gasteiger partial charge in [-0.1, -0.05) is 11.6 Å². The normalized spacial score (nSPS) is 15.5. The number of likely N-dealkylation sites (tertiary alicyclic amines) is 1. The average molecular weight is 550 g/mol. The lowest BCUT2D eigenvalue weighted by Crippen LogP contribution is -2.29. The highest BCUT2D eigenvalue weighted by Gasteiger charge is 2.27. The minimum Gasteiger partial charge on any atom is -0.495 e. The minimum atomic E-state index is -3.83. The molecule has 12 heteroatoms. The maximum absolute atomic E-state index is 12.6. The Hall–Kier alpha value is -2.89. The second-order valence-corrected chi connectivity index (χ2v) is 12.2. The molecule has 1 aliphatic rings. The predicted octanol–water partition coefficient (Wildman–Crippen LogP) is 4.27. The molecule has 3 rings (SSSR count). The van der Waals surface area contributed by atoms with Crippen molar-refractivity contribution < 1.29 is 13.2 Å². The summed E-state index contributed by atoms with van der Waals surface area (Å²) in [5, 5.41) is 15.9. The third-order valence-corrected chi connectivity index (χ3v) is 8.74. The van der Waals surface area contributed by atoms with Crippen LogP contribution in [0.3, 0.4) is 0 Å². The van der Waals surface area contributed by atoms with Gasteiger partial charge in [0.05, 0.1) is 29.9 Å². The SMILES string of the molecule is CN/C=C(/Nc1nc(Nc2cc(C)c(C3CCN(C)CC3)cc2OC)ncc1Cl)C(=N)S(=O)(=O)C(C)C. The molecule has 0 unspecified atom stereocenters. The van der Waals surface area contributed by atoms with E-state index in [4.69, 9.17) is 21.7 Å². The van der Waals surface area contributed by atoms with Gasteiger partial charge in [0.15, 0.2) is 20.7 Å². The second-order valence-electron chi connectivity index (χ2n) is 9.40. The Morgan fingerprint density at radius 2 is 1.97 bits per heavy atom. The number of ether oxygens (including phenoxy) is 1. The summed E-state index contributed by atoms with van der Waals surface area (Å²) in [6.07, 6.45) is 4.99. The molecule has 0 atom stereocenters. The van der Waals surface area contributed by atoms with E-state index in [1.807, 2.05) is 6.07 Å². The number of nitrogens with one attached hydrogen (secondary N) is 4. The number of piperidine rings is 1. The van der Waals surface area contributed by atoms with E-state index in [0.717, 1.165) is 31.5 Å². The average Bonchev–Trinajstić information content (AvgIpc) is 2.86. The number of sulfone groups is 1. The zero-order valence-electron chi connectivity index (χ0n) is 22.1. The van der Waals surface area contributed by atoms with Crippen molar-refractivity contribution in [2.24, 2.45) is 0 Å². The largest absolute Gasteiger partial charge is 0.495 e. The fourth-order valence-electron chi connectivity index (χ4n) is 4.18. The Morgan fingerprint density at radius 3 is 2.57 bits per heavy atom. The van der Waals surface area contributed by atoms with Gasteiger partial charge in [0.25, 0.3) is 0 Å². The van der Waals surface area contributed by atoms with Crippen molar-refractivity contribution in [2.75, 3.05) is 44.9 Å². The summed E-state index contributed by atoms with van der Waals surface area (Å²) < 4.78 is 30.8. The number of halogens is 1. The van der Waals surface area contributed by atoms with Crippen molar-refractivity contribution in [3.8, 4) is 5.75 Å². The Kier molecular flexibility index (Phi) is 9.38. The Morgan fingerprint density at radius 1 is 1.30 bits per heavy atom. The Balaban J connectivity index is 1.88. The smallest absolute Gasteiger partial charge is 0.229 e. The molecule has 0 bridgehead atoms. The van der Waals surface area contributed by atoms with Crippen molar-refractivity contribution in [3.05, 3.63) is 46.4 Å². The lowest BCUT2D eigenvalue weighted by Gasteiger charge is -2.30. The first-order chi connectivity index (χ1) is 17.5. The van der Waals surface area contributed by atoms with Crippen LogP contribution in [0.2, 0.25) is 5.02 Å². The number of hydrogen-bond acceptors (Lipinski definition) is 10. The quantitative estimate of drug-likeness (QED) is 0.267. The van der Waals surface area contributed by atoms with Crippen molar-refractivity contribution in [1.29, 1.82) is 5.41 Å². The molecule has 202 valence electrons. The van der Waals surface area contributed by atoms with Gasteiger partial charge in [-0.3, -0.25) is 5.41 Å². The first kappa shape index (κ1) is 28.7. The molecule has 1 aliphatic heterocycles. The summed E-state index contributed by atoms with van der Waals surface area (Å²) in [7, 11) is 1.55. The zero-order chi connectivity index (χ0) is 27.3. The molecule has 1 aromatic carbocycles. The number of hydrogen-bond donors (Lipinski definition) is 4. The van der Waals surface area contributed by atoms with Crippen LogP contribution in [0.4, 0.5) is 17.5 Å². The molecule has 2 heterocycles.